The first-order valence-electron chi connectivity index (χ1n) is 3.31. The summed E-state index contributed by atoms with van der Waals surface area (Å²) in [5.74, 6) is 3.49. The molecule has 1 unspecified atom stereocenters. The Morgan fingerprint density at radius 1 is 1.78 bits per heavy atom. The summed E-state index contributed by atoms with van der Waals surface area (Å²) in [6.45, 7) is 0. The van der Waals surface area contributed by atoms with Crippen molar-refractivity contribution in [3.63, 3.8) is 0 Å². The highest BCUT2D eigenvalue weighted by molar-refractivity contribution is 5.93. The molecule has 2 saturated carbocycles. The summed E-state index contributed by atoms with van der Waals surface area (Å²) in [6, 6.07) is 0. The van der Waals surface area contributed by atoms with Crippen LogP contribution in [0.5, 0.6) is 0 Å². The van der Waals surface area contributed by atoms with Gasteiger partial charge >= 0.3 is 0 Å². The van der Waals surface area contributed by atoms with E-state index in [-0.39, 0.29) is 5.41 Å². The second-order valence-electron chi connectivity index (χ2n) is 2.98. The van der Waals surface area contributed by atoms with Gasteiger partial charge in [-0.25, -0.2) is 0 Å². The fourth-order valence-corrected chi connectivity index (χ4v) is 1.81. The van der Waals surface area contributed by atoms with Crippen molar-refractivity contribution < 1.29 is 4.79 Å². The molecule has 46 valence electrons. The zero-order valence-electron chi connectivity index (χ0n) is 5.18. The van der Waals surface area contributed by atoms with Crippen LogP contribution in [0.1, 0.15) is 19.3 Å². The Morgan fingerprint density at radius 3 is 2.78 bits per heavy atom. The molecule has 0 aromatic carbocycles. The van der Waals surface area contributed by atoms with E-state index >= 15 is 0 Å². The van der Waals surface area contributed by atoms with Gasteiger partial charge in [-0.1, -0.05) is 5.92 Å². The van der Waals surface area contributed by atoms with Crippen LogP contribution in [-0.2, 0) is 4.79 Å². The first-order chi connectivity index (χ1) is 4.29. The normalized spacial score (nSPS) is 46.1. The zero-order chi connectivity index (χ0) is 6.48. The van der Waals surface area contributed by atoms with Crippen LogP contribution >= 0.6 is 0 Å². The third-order valence-electron chi connectivity index (χ3n) is 2.58. The maximum atomic E-state index is 11.0. The van der Waals surface area contributed by atoms with Gasteiger partial charge in [-0.3, -0.25) is 4.79 Å². The lowest BCUT2D eigenvalue weighted by atomic mass is 10.0. The highest BCUT2D eigenvalue weighted by atomic mass is 16.1. The van der Waals surface area contributed by atoms with E-state index < -0.39 is 0 Å². The van der Waals surface area contributed by atoms with E-state index in [2.05, 4.69) is 5.92 Å². The third kappa shape index (κ3) is 0.400. The Morgan fingerprint density at radius 2 is 2.56 bits per heavy atom. The molecule has 0 heterocycles. The Kier molecular flexibility index (Phi) is 0.679. The number of ketones is 1. The van der Waals surface area contributed by atoms with Crippen LogP contribution in [0.15, 0.2) is 0 Å². The summed E-state index contributed by atoms with van der Waals surface area (Å²) in [7, 11) is 0. The molecular formula is C8H8O. The average molecular weight is 120 g/mol. The summed E-state index contributed by atoms with van der Waals surface area (Å²) >= 11 is 0. The van der Waals surface area contributed by atoms with Crippen LogP contribution in [-0.4, -0.2) is 5.78 Å². The van der Waals surface area contributed by atoms with Crippen molar-refractivity contribution in [1.29, 1.82) is 0 Å². The quantitative estimate of drug-likeness (QED) is 0.436. The lowest BCUT2D eigenvalue weighted by molar-refractivity contribution is -0.120. The summed E-state index contributed by atoms with van der Waals surface area (Å²) in [5, 5.41) is 0. The largest absolute Gasteiger partial charge is 0.298 e. The molecule has 2 fully saturated rings. The number of hydrogen-bond acceptors (Lipinski definition) is 1. The highest BCUT2D eigenvalue weighted by Crippen LogP contribution is 2.60. The first kappa shape index (κ1) is 5.05. The maximum absolute atomic E-state index is 11.0. The molecule has 0 spiro atoms. The first-order valence-corrected chi connectivity index (χ1v) is 3.31. The molecule has 0 amide bonds. The Bertz CT molecular complexity index is 211. The van der Waals surface area contributed by atoms with E-state index in [1.807, 2.05) is 0 Å². The predicted molar refractivity (Wildman–Crippen MR) is 33.6 cm³/mol. The summed E-state index contributed by atoms with van der Waals surface area (Å²) in [6.07, 6.45) is 7.98. The number of carbonyl (C=O) groups excluding carboxylic acids is 1. The molecule has 1 heteroatoms. The highest BCUT2D eigenvalue weighted by Gasteiger charge is 2.61. The lowest BCUT2D eigenvalue weighted by Gasteiger charge is -1.96. The molecule has 9 heavy (non-hydrogen) atoms. The molecule has 2 aliphatic rings. The van der Waals surface area contributed by atoms with E-state index in [1.165, 1.54) is 0 Å². The second-order valence-corrected chi connectivity index (χ2v) is 2.98. The number of carbonyl (C=O) groups is 1. The Balaban J connectivity index is 2.36. The average Bonchev–Trinajstić information content (AvgIpc) is 2.52. The molecular weight excluding hydrogens is 112 g/mol. The number of hydrogen-bond donors (Lipinski definition) is 0. The lowest BCUT2D eigenvalue weighted by Crippen LogP contribution is -2.08. The number of terminal acetylenes is 1. The van der Waals surface area contributed by atoms with E-state index in [4.69, 9.17) is 6.42 Å². The van der Waals surface area contributed by atoms with E-state index in [0.717, 1.165) is 19.3 Å². The van der Waals surface area contributed by atoms with Crippen LogP contribution in [0.3, 0.4) is 0 Å². The van der Waals surface area contributed by atoms with Gasteiger partial charge in [-0.15, -0.1) is 6.42 Å². The van der Waals surface area contributed by atoms with Crippen molar-refractivity contribution in [2.45, 2.75) is 19.3 Å². The van der Waals surface area contributed by atoms with Gasteiger partial charge in [0, 0.05) is 6.42 Å². The minimum Gasteiger partial charge on any atom is -0.298 e. The number of rotatable bonds is 0. The Labute approximate surface area is 54.4 Å². The number of fused-ring (bicyclic) bond motifs is 1. The SMILES string of the molecule is C#C[C@]12CC1CCC2=O. The summed E-state index contributed by atoms with van der Waals surface area (Å²) in [4.78, 5) is 11.0. The Hall–Kier alpha value is -0.770. The van der Waals surface area contributed by atoms with Crippen LogP contribution in [0.4, 0.5) is 0 Å². The minimum absolute atomic E-state index is 0.250. The number of Topliss-reactive ketones (excluding diaryl/α,β-unsaturated/α-hetero) is 1. The second kappa shape index (κ2) is 1.21. The molecule has 0 saturated heterocycles. The van der Waals surface area contributed by atoms with Gasteiger partial charge < -0.3 is 0 Å². The molecule has 1 nitrogen and oxygen atoms in total. The fraction of sp³-hybridized carbons (Fsp3) is 0.625. The van der Waals surface area contributed by atoms with Gasteiger partial charge in [0.05, 0.1) is 5.41 Å². The van der Waals surface area contributed by atoms with E-state index in [1.54, 1.807) is 0 Å². The maximum Gasteiger partial charge on any atom is 0.151 e. The standard InChI is InChI=1S/C8H8O/c1-2-8-5-6(8)3-4-7(8)9/h1,6H,3-5H2/t6?,8-/m0/s1. The monoisotopic (exact) mass is 120 g/mol. The molecule has 2 aliphatic carbocycles. The van der Waals surface area contributed by atoms with Crippen molar-refractivity contribution >= 4 is 5.78 Å². The van der Waals surface area contributed by atoms with Crippen molar-refractivity contribution in [3.05, 3.63) is 0 Å². The molecule has 2 atom stereocenters. The van der Waals surface area contributed by atoms with Crippen molar-refractivity contribution in [1.82, 2.24) is 0 Å². The van der Waals surface area contributed by atoms with Crippen molar-refractivity contribution in [3.8, 4) is 12.3 Å². The van der Waals surface area contributed by atoms with E-state index in [0.29, 0.717) is 11.7 Å². The van der Waals surface area contributed by atoms with Gasteiger partial charge in [-0.05, 0) is 18.8 Å². The zero-order valence-corrected chi connectivity index (χ0v) is 5.18. The van der Waals surface area contributed by atoms with Gasteiger partial charge in [0.15, 0.2) is 5.78 Å². The van der Waals surface area contributed by atoms with Gasteiger partial charge in [-0.2, -0.15) is 0 Å². The van der Waals surface area contributed by atoms with Gasteiger partial charge in [0.1, 0.15) is 0 Å². The molecule has 0 aromatic rings. The fourth-order valence-electron chi connectivity index (χ4n) is 1.81. The van der Waals surface area contributed by atoms with Crippen LogP contribution < -0.4 is 0 Å². The summed E-state index contributed by atoms with van der Waals surface area (Å²) < 4.78 is 0. The molecule has 0 aliphatic heterocycles. The van der Waals surface area contributed by atoms with Gasteiger partial charge in [0.2, 0.25) is 0 Å². The van der Waals surface area contributed by atoms with Crippen LogP contribution in [0.2, 0.25) is 0 Å². The van der Waals surface area contributed by atoms with Gasteiger partial charge in [0.25, 0.3) is 0 Å². The predicted octanol–water partition coefficient (Wildman–Crippen LogP) is 0.989. The van der Waals surface area contributed by atoms with Crippen LogP contribution in [0.25, 0.3) is 0 Å². The summed E-state index contributed by atoms with van der Waals surface area (Å²) in [5.41, 5.74) is -0.250. The molecule has 0 aromatic heterocycles. The smallest absolute Gasteiger partial charge is 0.151 e. The van der Waals surface area contributed by atoms with Crippen molar-refractivity contribution in [2.24, 2.45) is 11.3 Å². The minimum atomic E-state index is -0.250. The van der Waals surface area contributed by atoms with Crippen molar-refractivity contribution in [2.75, 3.05) is 0 Å². The molecule has 0 radical (unpaired) electrons. The third-order valence-corrected chi connectivity index (χ3v) is 2.58. The molecule has 2 rings (SSSR count). The van der Waals surface area contributed by atoms with Crippen LogP contribution in [0, 0.1) is 23.7 Å². The van der Waals surface area contributed by atoms with E-state index in [9.17, 15) is 4.79 Å². The topological polar surface area (TPSA) is 17.1 Å². The molecule has 0 bridgehead atoms. The molecule has 0 N–H and O–H groups in total.